The molecule has 2 heterocycles. The smallest absolute Gasteiger partial charge is 0.269 e. The van der Waals surface area contributed by atoms with E-state index < -0.39 is 4.92 Å². The quantitative estimate of drug-likeness (QED) is 0.520. The number of piperidine rings is 1. The molecule has 7 nitrogen and oxygen atoms in total. The lowest BCUT2D eigenvalue weighted by Gasteiger charge is -2.31. The van der Waals surface area contributed by atoms with Gasteiger partial charge in [-0.05, 0) is 43.7 Å². The number of hydrogen-bond donors (Lipinski definition) is 1. The summed E-state index contributed by atoms with van der Waals surface area (Å²) < 4.78 is 1.20. The minimum Gasteiger partial charge on any atom is -0.325 e. The van der Waals surface area contributed by atoms with Crippen LogP contribution in [0.15, 0.2) is 48.5 Å². The van der Waals surface area contributed by atoms with Crippen LogP contribution in [0, 0.1) is 10.1 Å². The van der Waals surface area contributed by atoms with Crippen LogP contribution in [0.2, 0.25) is 0 Å². The Balaban J connectivity index is 1.36. The van der Waals surface area contributed by atoms with E-state index in [9.17, 15) is 14.9 Å². The molecule has 0 radical (unpaired) electrons. The third-order valence-corrected chi connectivity index (χ3v) is 6.09. The highest BCUT2D eigenvalue weighted by atomic mass is 32.1. The summed E-state index contributed by atoms with van der Waals surface area (Å²) in [6, 6.07) is 14.0. The van der Waals surface area contributed by atoms with Gasteiger partial charge in [0.25, 0.3) is 5.69 Å². The van der Waals surface area contributed by atoms with E-state index in [4.69, 9.17) is 4.98 Å². The van der Waals surface area contributed by atoms with Gasteiger partial charge >= 0.3 is 0 Å². The van der Waals surface area contributed by atoms with Gasteiger partial charge in [0.2, 0.25) is 5.91 Å². The van der Waals surface area contributed by atoms with Gasteiger partial charge < -0.3 is 5.32 Å². The van der Waals surface area contributed by atoms with E-state index in [2.05, 4.69) is 16.3 Å². The van der Waals surface area contributed by atoms with E-state index in [1.807, 2.05) is 18.2 Å². The van der Waals surface area contributed by atoms with Crippen LogP contribution in [0.25, 0.3) is 10.2 Å². The zero-order valence-corrected chi connectivity index (χ0v) is 16.0. The molecule has 0 unspecified atom stereocenters. The van der Waals surface area contributed by atoms with E-state index in [1.165, 1.54) is 16.8 Å². The van der Waals surface area contributed by atoms with Crippen LogP contribution in [0.3, 0.4) is 0 Å². The number of carbonyl (C=O) groups excluding carboxylic acids is 1. The molecular weight excluding hydrogens is 376 g/mol. The molecule has 2 aromatic carbocycles. The number of para-hydroxylation sites is 1. The number of anilines is 1. The molecule has 8 heteroatoms. The molecule has 3 aromatic rings. The van der Waals surface area contributed by atoms with Crippen molar-refractivity contribution in [1.82, 2.24) is 9.88 Å². The fourth-order valence-corrected chi connectivity index (χ4v) is 4.63. The predicted octanol–water partition coefficient (Wildman–Crippen LogP) is 4.02. The maximum Gasteiger partial charge on any atom is 0.269 e. The third kappa shape index (κ3) is 4.18. The Bertz CT molecular complexity index is 969. The summed E-state index contributed by atoms with van der Waals surface area (Å²) in [4.78, 5) is 29.6. The first kappa shape index (κ1) is 18.5. The van der Waals surface area contributed by atoms with Gasteiger partial charge in [-0.15, -0.1) is 11.3 Å². The number of fused-ring (bicyclic) bond motifs is 1. The number of aromatic nitrogens is 1. The Morgan fingerprint density at radius 1 is 1.25 bits per heavy atom. The second-order valence-electron chi connectivity index (χ2n) is 6.95. The molecular formula is C20H20N4O3S. The van der Waals surface area contributed by atoms with Crippen LogP contribution in [0.5, 0.6) is 0 Å². The van der Waals surface area contributed by atoms with E-state index in [-0.39, 0.29) is 11.6 Å². The molecule has 1 N–H and O–H groups in total. The molecule has 1 aliphatic heterocycles. The van der Waals surface area contributed by atoms with Crippen molar-refractivity contribution in [3.8, 4) is 0 Å². The van der Waals surface area contributed by atoms with E-state index >= 15 is 0 Å². The average Bonchev–Trinajstić information content (AvgIpc) is 3.13. The summed E-state index contributed by atoms with van der Waals surface area (Å²) in [7, 11) is 0. The summed E-state index contributed by atoms with van der Waals surface area (Å²) in [6.07, 6.45) is 2.12. The molecule has 0 bridgehead atoms. The summed E-state index contributed by atoms with van der Waals surface area (Å²) in [6.45, 7) is 2.00. The van der Waals surface area contributed by atoms with Gasteiger partial charge in [-0.25, -0.2) is 4.98 Å². The van der Waals surface area contributed by atoms with Crippen LogP contribution < -0.4 is 5.32 Å². The molecule has 4 rings (SSSR count). The van der Waals surface area contributed by atoms with Crippen molar-refractivity contribution in [3.63, 3.8) is 0 Å². The number of likely N-dealkylation sites (tertiary alicyclic amines) is 1. The molecule has 0 spiro atoms. The zero-order valence-electron chi connectivity index (χ0n) is 15.2. The number of amides is 1. The fraction of sp³-hybridized carbons (Fsp3) is 0.300. The van der Waals surface area contributed by atoms with Crippen LogP contribution in [-0.4, -0.2) is 40.3 Å². The lowest BCUT2D eigenvalue weighted by Crippen LogP contribution is -2.39. The fourth-order valence-electron chi connectivity index (χ4n) is 3.54. The Morgan fingerprint density at radius 2 is 2.04 bits per heavy atom. The molecule has 0 saturated carbocycles. The number of nitro groups is 1. The van der Waals surface area contributed by atoms with Crippen molar-refractivity contribution >= 4 is 38.8 Å². The zero-order chi connectivity index (χ0) is 19.5. The van der Waals surface area contributed by atoms with Crippen molar-refractivity contribution in [1.29, 1.82) is 0 Å². The van der Waals surface area contributed by atoms with E-state index in [0.29, 0.717) is 18.2 Å². The van der Waals surface area contributed by atoms with Gasteiger partial charge in [-0.2, -0.15) is 0 Å². The Hall–Kier alpha value is -2.84. The van der Waals surface area contributed by atoms with Crippen molar-refractivity contribution in [2.24, 2.45) is 0 Å². The van der Waals surface area contributed by atoms with Crippen molar-refractivity contribution in [3.05, 3.63) is 63.7 Å². The first-order chi connectivity index (χ1) is 13.6. The standard InChI is InChI=1S/C20H20N4O3S/c25-19(21-15-7-9-16(10-8-15)24(26)27)13-23-11-3-4-14(12-23)20-22-17-5-1-2-6-18(17)28-20/h1-2,5-10,14H,3-4,11-13H2,(H,21,25)/t14-/m0/s1. The summed E-state index contributed by atoms with van der Waals surface area (Å²) >= 11 is 1.74. The van der Waals surface area contributed by atoms with Crippen molar-refractivity contribution < 1.29 is 9.72 Å². The van der Waals surface area contributed by atoms with E-state index in [0.717, 1.165) is 36.5 Å². The van der Waals surface area contributed by atoms with Crippen LogP contribution in [0.4, 0.5) is 11.4 Å². The number of rotatable bonds is 5. The van der Waals surface area contributed by atoms with Gasteiger partial charge in [-0.1, -0.05) is 12.1 Å². The minimum absolute atomic E-state index is 0.00714. The van der Waals surface area contributed by atoms with Gasteiger partial charge in [0, 0.05) is 30.3 Å². The number of hydrogen-bond acceptors (Lipinski definition) is 6. The number of nitrogens with zero attached hydrogens (tertiary/aromatic N) is 3. The molecule has 0 aliphatic carbocycles. The summed E-state index contributed by atoms with van der Waals surface area (Å²) in [5.41, 5.74) is 1.61. The van der Waals surface area contributed by atoms with Crippen molar-refractivity contribution in [2.75, 3.05) is 25.0 Å². The molecule has 28 heavy (non-hydrogen) atoms. The average molecular weight is 396 g/mol. The Morgan fingerprint density at radius 3 is 2.79 bits per heavy atom. The highest BCUT2D eigenvalue weighted by Gasteiger charge is 2.25. The molecule has 1 atom stereocenters. The topological polar surface area (TPSA) is 88.4 Å². The van der Waals surface area contributed by atoms with Crippen LogP contribution >= 0.6 is 11.3 Å². The normalized spacial score (nSPS) is 17.5. The molecule has 1 aliphatic rings. The third-order valence-electron chi connectivity index (χ3n) is 4.89. The molecule has 1 aromatic heterocycles. The molecule has 1 saturated heterocycles. The maximum absolute atomic E-state index is 12.4. The summed E-state index contributed by atoms with van der Waals surface area (Å²) in [5, 5.41) is 14.7. The predicted molar refractivity (Wildman–Crippen MR) is 110 cm³/mol. The Labute approximate surface area is 166 Å². The van der Waals surface area contributed by atoms with Gasteiger partial charge in [-0.3, -0.25) is 19.8 Å². The van der Waals surface area contributed by atoms with Gasteiger partial charge in [0.1, 0.15) is 0 Å². The monoisotopic (exact) mass is 396 g/mol. The first-order valence-corrected chi connectivity index (χ1v) is 10.0. The van der Waals surface area contributed by atoms with Gasteiger partial charge in [0.05, 0.1) is 26.7 Å². The van der Waals surface area contributed by atoms with Crippen molar-refractivity contribution in [2.45, 2.75) is 18.8 Å². The number of nitrogens with one attached hydrogen (secondary N) is 1. The molecule has 1 amide bonds. The largest absolute Gasteiger partial charge is 0.325 e. The maximum atomic E-state index is 12.4. The number of thiazole rings is 1. The number of carbonyl (C=O) groups is 1. The number of nitro benzene ring substituents is 1. The number of benzene rings is 2. The second kappa shape index (κ2) is 8.04. The Kier molecular flexibility index (Phi) is 5.31. The van der Waals surface area contributed by atoms with Gasteiger partial charge in [0.15, 0.2) is 0 Å². The van der Waals surface area contributed by atoms with E-state index in [1.54, 1.807) is 23.5 Å². The highest BCUT2D eigenvalue weighted by Crippen LogP contribution is 2.32. The van der Waals surface area contributed by atoms with Crippen LogP contribution in [-0.2, 0) is 4.79 Å². The summed E-state index contributed by atoms with van der Waals surface area (Å²) in [5.74, 6) is 0.233. The molecule has 144 valence electrons. The minimum atomic E-state index is -0.457. The first-order valence-electron chi connectivity index (χ1n) is 9.20. The SMILES string of the molecule is O=C(CN1CCC[C@H](c2nc3ccccc3s2)C1)Nc1ccc([N+](=O)[O-])cc1. The second-order valence-corrected chi connectivity index (χ2v) is 8.01. The lowest BCUT2D eigenvalue weighted by atomic mass is 9.99. The highest BCUT2D eigenvalue weighted by molar-refractivity contribution is 7.18. The molecule has 1 fully saturated rings. The van der Waals surface area contributed by atoms with Crippen LogP contribution in [0.1, 0.15) is 23.8 Å². The lowest BCUT2D eigenvalue weighted by molar-refractivity contribution is -0.384. The number of non-ortho nitro benzene ring substituents is 1.